The summed E-state index contributed by atoms with van der Waals surface area (Å²) < 4.78 is 30.8. The molecule has 0 bridgehead atoms. The highest BCUT2D eigenvalue weighted by Gasteiger charge is 2.23. The zero-order chi connectivity index (χ0) is 21.9. The smallest absolute Gasteiger partial charge is 0.338 e. The molecule has 30 heavy (non-hydrogen) atoms. The zero-order valence-electron chi connectivity index (χ0n) is 16.9. The molecule has 0 unspecified atom stereocenters. The predicted octanol–water partition coefficient (Wildman–Crippen LogP) is 3.34. The van der Waals surface area contributed by atoms with Gasteiger partial charge in [-0.15, -0.1) is 0 Å². The summed E-state index contributed by atoms with van der Waals surface area (Å²) in [6, 6.07) is 17.5. The van der Waals surface area contributed by atoms with E-state index in [9.17, 15) is 18.0 Å². The first-order valence-electron chi connectivity index (χ1n) is 9.15. The highest BCUT2D eigenvalue weighted by Crippen LogP contribution is 2.28. The SMILES string of the molecule is COC(=O)c1cccc(NC(=O)CN(c2cccc3ccccc23)S(C)(=O)=O)c1C. The van der Waals surface area contributed by atoms with Crippen molar-refractivity contribution in [1.29, 1.82) is 0 Å². The number of nitrogens with one attached hydrogen (secondary N) is 1. The van der Waals surface area contributed by atoms with Crippen LogP contribution >= 0.6 is 0 Å². The number of nitrogens with zero attached hydrogens (tertiary/aromatic N) is 1. The number of methoxy groups -OCH3 is 1. The third-order valence-corrected chi connectivity index (χ3v) is 5.86. The fourth-order valence-corrected chi connectivity index (χ4v) is 4.10. The number of hydrogen-bond donors (Lipinski definition) is 1. The van der Waals surface area contributed by atoms with Gasteiger partial charge < -0.3 is 10.1 Å². The van der Waals surface area contributed by atoms with E-state index in [2.05, 4.69) is 5.32 Å². The van der Waals surface area contributed by atoms with E-state index in [1.165, 1.54) is 7.11 Å². The van der Waals surface area contributed by atoms with Gasteiger partial charge in [0, 0.05) is 11.1 Å². The van der Waals surface area contributed by atoms with Crippen LogP contribution in [0.2, 0.25) is 0 Å². The van der Waals surface area contributed by atoms with Crippen LogP contribution in [0.3, 0.4) is 0 Å². The van der Waals surface area contributed by atoms with Crippen LogP contribution in [0.5, 0.6) is 0 Å². The van der Waals surface area contributed by atoms with Crippen LogP contribution in [0, 0.1) is 6.92 Å². The van der Waals surface area contributed by atoms with Gasteiger partial charge in [-0.3, -0.25) is 9.10 Å². The molecule has 1 N–H and O–H groups in total. The fourth-order valence-electron chi connectivity index (χ4n) is 3.23. The standard InChI is InChI=1S/C22H22N2O5S/c1-15-17(22(26)29-2)11-7-12-19(15)23-21(25)14-24(30(3,27)28)20-13-6-9-16-8-4-5-10-18(16)20/h4-13H,14H2,1-3H3,(H,23,25). The molecule has 0 saturated heterocycles. The Kier molecular flexibility index (Phi) is 6.07. The summed E-state index contributed by atoms with van der Waals surface area (Å²) in [6.45, 7) is 1.27. The van der Waals surface area contributed by atoms with Gasteiger partial charge in [-0.2, -0.15) is 0 Å². The molecule has 0 radical (unpaired) electrons. The van der Waals surface area contributed by atoms with Crippen molar-refractivity contribution in [2.45, 2.75) is 6.92 Å². The van der Waals surface area contributed by atoms with Crippen LogP contribution in [0.1, 0.15) is 15.9 Å². The van der Waals surface area contributed by atoms with Crippen LogP contribution in [0.15, 0.2) is 60.7 Å². The first-order chi connectivity index (χ1) is 14.2. The van der Waals surface area contributed by atoms with Gasteiger partial charge >= 0.3 is 5.97 Å². The van der Waals surface area contributed by atoms with Crippen molar-refractivity contribution in [1.82, 2.24) is 0 Å². The Morgan fingerprint density at radius 2 is 1.67 bits per heavy atom. The Morgan fingerprint density at radius 1 is 1.00 bits per heavy atom. The topological polar surface area (TPSA) is 92.8 Å². The van der Waals surface area contributed by atoms with E-state index in [0.29, 0.717) is 22.5 Å². The van der Waals surface area contributed by atoms with Crippen LogP contribution < -0.4 is 9.62 Å². The summed E-state index contributed by atoms with van der Waals surface area (Å²) in [7, 11) is -2.46. The van der Waals surface area contributed by atoms with Crippen molar-refractivity contribution < 1.29 is 22.7 Å². The Labute approximate surface area is 175 Å². The normalized spacial score (nSPS) is 11.2. The second-order valence-corrected chi connectivity index (χ2v) is 8.69. The van der Waals surface area contributed by atoms with Gasteiger partial charge in [0.15, 0.2) is 0 Å². The Bertz CT molecular complexity index is 1220. The highest BCUT2D eigenvalue weighted by atomic mass is 32.2. The number of sulfonamides is 1. The van der Waals surface area contributed by atoms with Crippen molar-refractivity contribution in [3.05, 3.63) is 71.8 Å². The van der Waals surface area contributed by atoms with E-state index < -0.39 is 28.4 Å². The first kappa shape index (κ1) is 21.3. The molecule has 0 atom stereocenters. The van der Waals surface area contributed by atoms with Gasteiger partial charge in [-0.1, -0.05) is 42.5 Å². The largest absolute Gasteiger partial charge is 0.465 e. The lowest BCUT2D eigenvalue weighted by Crippen LogP contribution is -2.37. The number of esters is 1. The maximum atomic E-state index is 12.7. The third-order valence-electron chi connectivity index (χ3n) is 4.74. The average Bonchev–Trinajstić information content (AvgIpc) is 2.72. The molecule has 8 heteroatoms. The molecular weight excluding hydrogens is 404 g/mol. The maximum absolute atomic E-state index is 12.7. The Morgan fingerprint density at radius 3 is 2.37 bits per heavy atom. The third kappa shape index (κ3) is 4.44. The first-order valence-corrected chi connectivity index (χ1v) is 11.0. The number of benzene rings is 3. The van der Waals surface area contributed by atoms with E-state index in [-0.39, 0.29) is 0 Å². The number of carbonyl (C=O) groups excluding carboxylic acids is 2. The molecule has 0 fully saturated rings. The van der Waals surface area contributed by atoms with E-state index in [1.807, 2.05) is 30.3 Å². The number of rotatable bonds is 6. The van der Waals surface area contributed by atoms with Crippen LogP contribution in [0.25, 0.3) is 10.8 Å². The number of ether oxygens (including phenoxy) is 1. The number of amides is 1. The number of hydrogen-bond acceptors (Lipinski definition) is 5. The van der Waals surface area contributed by atoms with Gasteiger partial charge in [-0.05, 0) is 36.1 Å². The lowest BCUT2D eigenvalue weighted by molar-refractivity contribution is -0.114. The summed E-state index contributed by atoms with van der Waals surface area (Å²) in [5, 5.41) is 4.29. The lowest BCUT2D eigenvalue weighted by Gasteiger charge is -2.23. The zero-order valence-corrected chi connectivity index (χ0v) is 17.7. The number of fused-ring (bicyclic) bond motifs is 1. The minimum absolute atomic E-state index is 0.323. The molecule has 0 heterocycles. The quantitative estimate of drug-likeness (QED) is 0.610. The van der Waals surface area contributed by atoms with Gasteiger partial charge in [-0.25, -0.2) is 13.2 Å². The van der Waals surface area contributed by atoms with Crippen molar-refractivity contribution in [2.24, 2.45) is 0 Å². The Balaban J connectivity index is 1.92. The summed E-state index contributed by atoms with van der Waals surface area (Å²) in [4.78, 5) is 24.6. The molecule has 3 rings (SSSR count). The summed E-state index contributed by atoms with van der Waals surface area (Å²) in [5.41, 5.74) is 1.69. The minimum Gasteiger partial charge on any atom is -0.465 e. The van der Waals surface area contributed by atoms with Crippen molar-refractivity contribution in [3.8, 4) is 0 Å². The molecule has 3 aromatic rings. The van der Waals surface area contributed by atoms with Crippen molar-refractivity contribution >= 4 is 44.0 Å². The molecule has 0 aliphatic rings. The molecule has 7 nitrogen and oxygen atoms in total. The average molecular weight is 426 g/mol. The molecule has 0 saturated carbocycles. The molecule has 0 aromatic heterocycles. The van der Waals surface area contributed by atoms with Crippen LogP contribution in [-0.4, -0.2) is 40.2 Å². The molecule has 156 valence electrons. The number of carbonyl (C=O) groups is 2. The van der Waals surface area contributed by atoms with E-state index in [4.69, 9.17) is 4.74 Å². The summed E-state index contributed by atoms with van der Waals surface area (Å²) >= 11 is 0. The van der Waals surface area contributed by atoms with Crippen LogP contribution in [0.4, 0.5) is 11.4 Å². The van der Waals surface area contributed by atoms with Gasteiger partial charge in [0.2, 0.25) is 15.9 Å². The van der Waals surface area contributed by atoms with E-state index in [1.54, 1.807) is 37.3 Å². The second-order valence-electron chi connectivity index (χ2n) is 6.79. The molecule has 1 amide bonds. The van der Waals surface area contributed by atoms with Crippen molar-refractivity contribution in [2.75, 3.05) is 29.5 Å². The summed E-state index contributed by atoms with van der Waals surface area (Å²) in [6.07, 6.45) is 1.06. The summed E-state index contributed by atoms with van der Waals surface area (Å²) in [5.74, 6) is -1.05. The van der Waals surface area contributed by atoms with Crippen molar-refractivity contribution in [3.63, 3.8) is 0 Å². The van der Waals surface area contributed by atoms with Gasteiger partial charge in [0.25, 0.3) is 0 Å². The van der Waals surface area contributed by atoms with E-state index in [0.717, 1.165) is 21.3 Å². The molecule has 3 aromatic carbocycles. The van der Waals surface area contributed by atoms with Crippen LogP contribution in [-0.2, 0) is 19.6 Å². The van der Waals surface area contributed by atoms with Gasteiger partial charge in [0.1, 0.15) is 6.54 Å². The molecular formula is C22H22N2O5S. The molecule has 0 spiro atoms. The predicted molar refractivity (Wildman–Crippen MR) is 117 cm³/mol. The van der Waals surface area contributed by atoms with E-state index >= 15 is 0 Å². The minimum atomic E-state index is -3.73. The Hall–Kier alpha value is -3.39. The maximum Gasteiger partial charge on any atom is 0.338 e. The monoisotopic (exact) mass is 426 g/mol. The fraction of sp³-hybridized carbons (Fsp3) is 0.182. The molecule has 0 aliphatic carbocycles. The molecule has 0 aliphatic heterocycles. The highest BCUT2D eigenvalue weighted by molar-refractivity contribution is 7.92. The lowest BCUT2D eigenvalue weighted by atomic mass is 10.1. The van der Waals surface area contributed by atoms with Gasteiger partial charge in [0.05, 0.1) is 24.6 Å². The number of anilines is 2. The second kappa shape index (κ2) is 8.54.